The Labute approximate surface area is 126 Å². The van der Waals surface area contributed by atoms with Crippen LogP contribution >= 0.6 is 15.9 Å². The van der Waals surface area contributed by atoms with Crippen molar-refractivity contribution in [2.24, 2.45) is 5.92 Å². The second-order valence-electron chi connectivity index (χ2n) is 4.84. The van der Waals surface area contributed by atoms with Crippen LogP contribution in [0, 0.1) is 5.92 Å². The number of carboxylic acids is 1. The van der Waals surface area contributed by atoms with Crippen molar-refractivity contribution in [2.45, 2.75) is 26.3 Å². The van der Waals surface area contributed by atoms with Crippen LogP contribution in [0.15, 0.2) is 22.7 Å². The summed E-state index contributed by atoms with van der Waals surface area (Å²) in [5, 5.41) is 11.6. The van der Waals surface area contributed by atoms with Crippen molar-refractivity contribution >= 4 is 27.8 Å². The van der Waals surface area contributed by atoms with E-state index in [2.05, 4.69) is 21.2 Å². The van der Waals surface area contributed by atoms with E-state index in [1.807, 2.05) is 13.8 Å². The van der Waals surface area contributed by atoms with E-state index in [1.165, 1.54) is 7.11 Å². The lowest BCUT2D eigenvalue weighted by Gasteiger charge is -2.16. The first-order valence-corrected chi connectivity index (χ1v) is 7.01. The maximum atomic E-state index is 12.1. The van der Waals surface area contributed by atoms with Crippen LogP contribution in [0.4, 0.5) is 0 Å². The summed E-state index contributed by atoms with van der Waals surface area (Å²) in [6.07, 6.45) is 0.387. The van der Waals surface area contributed by atoms with Gasteiger partial charge < -0.3 is 15.2 Å². The minimum absolute atomic E-state index is 0.180. The first-order valence-electron chi connectivity index (χ1n) is 6.22. The van der Waals surface area contributed by atoms with Gasteiger partial charge in [-0.25, -0.2) is 4.79 Å². The SMILES string of the molecule is COc1ccc(C(=O)N[C@@H](CC(C)C)C(=O)O)cc1Br. The van der Waals surface area contributed by atoms with Gasteiger partial charge in [0.15, 0.2) is 0 Å². The molecule has 1 aromatic rings. The van der Waals surface area contributed by atoms with E-state index in [9.17, 15) is 9.59 Å². The summed E-state index contributed by atoms with van der Waals surface area (Å²) in [4.78, 5) is 23.2. The second-order valence-corrected chi connectivity index (χ2v) is 5.70. The number of methoxy groups -OCH3 is 1. The van der Waals surface area contributed by atoms with Gasteiger partial charge in [-0.2, -0.15) is 0 Å². The molecule has 0 aliphatic carbocycles. The highest BCUT2D eigenvalue weighted by molar-refractivity contribution is 9.10. The number of carboxylic acid groups (broad SMARTS) is 1. The molecule has 0 aromatic heterocycles. The summed E-state index contributed by atoms with van der Waals surface area (Å²) in [5.41, 5.74) is 0.382. The minimum atomic E-state index is -1.03. The van der Waals surface area contributed by atoms with E-state index >= 15 is 0 Å². The van der Waals surface area contributed by atoms with E-state index in [0.717, 1.165) is 0 Å². The van der Waals surface area contributed by atoms with Crippen LogP contribution in [0.25, 0.3) is 0 Å². The molecular formula is C14H18BrNO4. The summed E-state index contributed by atoms with van der Waals surface area (Å²) in [6.45, 7) is 3.82. The number of carbonyl (C=O) groups is 2. The molecule has 0 heterocycles. The number of ether oxygens (including phenoxy) is 1. The van der Waals surface area contributed by atoms with Crippen molar-refractivity contribution in [3.63, 3.8) is 0 Å². The first kappa shape index (κ1) is 16.5. The molecule has 0 radical (unpaired) electrons. The quantitative estimate of drug-likeness (QED) is 0.832. The number of hydrogen-bond donors (Lipinski definition) is 2. The fourth-order valence-corrected chi connectivity index (χ4v) is 2.28. The molecule has 2 N–H and O–H groups in total. The average molecular weight is 344 g/mol. The zero-order valence-electron chi connectivity index (χ0n) is 11.6. The molecule has 0 unspecified atom stereocenters. The number of hydrogen-bond acceptors (Lipinski definition) is 3. The molecule has 5 nitrogen and oxygen atoms in total. The molecule has 1 atom stereocenters. The van der Waals surface area contributed by atoms with Gasteiger partial charge in [-0.1, -0.05) is 13.8 Å². The van der Waals surface area contributed by atoms with Gasteiger partial charge in [-0.05, 0) is 46.5 Å². The summed E-state index contributed by atoms with van der Waals surface area (Å²) >= 11 is 3.29. The largest absolute Gasteiger partial charge is 0.496 e. The normalized spacial score (nSPS) is 12.1. The number of rotatable bonds is 6. The third-order valence-corrected chi connectivity index (χ3v) is 3.34. The Hall–Kier alpha value is -1.56. The van der Waals surface area contributed by atoms with Gasteiger partial charge in [0.05, 0.1) is 11.6 Å². The molecule has 0 bridgehead atoms. The van der Waals surface area contributed by atoms with Gasteiger partial charge in [-0.15, -0.1) is 0 Å². The molecule has 0 saturated carbocycles. The van der Waals surface area contributed by atoms with Crippen molar-refractivity contribution in [3.05, 3.63) is 28.2 Å². The molecule has 0 fully saturated rings. The third-order valence-electron chi connectivity index (χ3n) is 2.72. The van der Waals surface area contributed by atoms with Gasteiger partial charge in [0.25, 0.3) is 5.91 Å². The summed E-state index contributed by atoms with van der Waals surface area (Å²) < 4.78 is 5.72. The first-order chi connectivity index (χ1) is 9.35. The van der Waals surface area contributed by atoms with Gasteiger partial charge in [0.1, 0.15) is 11.8 Å². The fraction of sp³-hybridized carbons (Fsp3) is 0.429. The smallest absolute Gasteiger partial charge is 0.326 e. The number of nitrogens with one attached hydrogen (secondary N) is 1. The Bertz CT molecular complexity index is 502. The number of halogens is 1. The highest BCUT2D eigenvalue weighted by atomic mass is 79.9. The van der Waals surface area contributed by atoms with Gasteiger partial charge >= 0.3 is 5.97 Å². The number of benzene rings is 1. The van der Waals surface area contributed by atoms with E-state index < -0.39 is 17.9 Å². The molecule has 6 heteroatoms. The van der Waals surface area contributed by atoms with Crippen LogP contribution < -0.4 is 10.1 Å². The van der Waals surface area contributed by atoms with E-state index in [1.54, 1.807) is 18.2 Å². The summed E-state index contributed by atoms with van der Waals surface area (Å²) in [6, 6.07) is 3.95. The van der Waals surface area contributed by atoms with Crippen LogP contribution in [0.3, 0.4) is 0 Å². The van der Waals surface area contributed by atoms with E-state index in [-0.39, 0.29) is 5.92 Å². The van der Waals surface area contributed by atoms with Crippen LogP contribution in [-0.4, -0.2) is 30.1 Å². The highest BCUT2D eigenvalue weighted by Gasteiger charge is 2.22. The molecule has 0 aliphatic heterocycles. The minimum Gasteiger partial charge on any atom is -0.496 e. The molecule has 20 heavy (non-hydrogen) atoms. The molecule has 1 aromatic carbocycles. The maximum absolute atomic E-state index is 12.1. The Balaban J connectivity index is 2.83. The molecule has 0 saturated heterocycles. The van der Waals surface area contributed by atoms with Gasteiger partial charge in [-0.3, -0.25) is 4.79 Å². The monoisotopic (exact) mass is 343 g/mol. The lowest BCUT2D eigenvalue weighted by atomic mass is 10.0. The topological polar surface area (TPSA) is 75.6 Å². The van der Waals surface area contributed by atoms with Crippen molar-refractivity contribution in [3.8, 4) is 5.75 Å². The second kappa shape index (κ2) is 7.28. The predicted molar refractivity (Wildman–Crippen MR) is 79.0 cm³/mol. The highest BCUT2D eigenvalue weighted by Crippen LogP contribution is 2.25. The number of amides is 1. The van der Waals surface area contributed by atoms with Crippen molar-refractivity contribution in [1.82, 2.24) is 5.32 Å². The lowest BCUT2D eigenvalue weighted by Crippen LogP contribution is -2.41. The maximum Gasteiger partial charge on any atom is 0.326 e. The third kappa shape index (κ3) is 4.52. The van der Waals surface area contributed by atoms with E-state index in [4.69, 9.17) is 9.84 Å². The Kier molecular flexibility index (Phi) is 6.01. The molecule has 1 amide bonds. The Morgan fingerprint density at radius 2 is 2.05 bits per heavy atom. The van der Waals surface area contributed by atoms with Crippen LogP contribution in [-0.2, 0) is 4.79 Å². The lowest BCUT2D eigenvalue weighted by molar-refractivity contribution is -0.139. The van der Waals surface area contributed by atoms with Crippen LogP contribution in [0.1, 0.15) is 30.6 Å². The van der Waals surface area contributed by atoms with Crippen molar-refractivity contribution in [1.29, 1.82) is 0 Å². The zero-order valence-corrected chi connectivity index (χ0v) is 13.2. The molecule has 0 aliphatic rings. The molecular weight excluding hydrogens is 326 g/mol. The Morgan fingerprint density at radius 3 is 2.50 bits per heavy atom. The van der Waals surface area contributed by atoms with Crippen LogP contribution in [0.2, 0.25) is 0 Å². The Morgan fingerprint density at radius 1 is 1.40 bits per heavy atom. The number of carbonyl (C=O) groups excluding carboxylic acids is 1. The van der Waals surface area contributed by atoms with E-state index in [0.29, 0.717) is 22.2 Å². The van der Waals surface area contributed by atoms with Gasteiger partial charge in [0, 0.05) is 5.56 Å². The van der Waals surface area contributed by atoms with Crippen LogP contribution in [0.5, 0.6) is 5.75 Å². The molecule has 110 valence electrons. The summed E-state index contributed by atoms with van der Waals surface area (Å²) in [5.74, 6) is -0.654. The fourth-order valence-electron chi connectivity index (χ4n) is 1.74. The molecule has 0 spiro atoms. The summed E-state index contributed by atoms with van der Waals surface area (Å²) in [7, 11) is 1.53. The average Bonchev–Trinajstić information content (AvgIpc) is 2.37. The standard InChI is InChI=1S/C14H18BrNO4/c1-8(2)6-11(14(18)19)16-13(17)9-4-5-12(20-3)10(15)7-9/h4-5,7-8,11H,6H2,1-3H3,(H,16,17)(H,18,19)/t11-/m0/s1. The number of aliphatic carboxylic acids is 1. The molecule has 1 rings (SSSR count). The predicted octanol–water partition coefficient (Wildman–Crippen LogP) is 2.69. The van der Waals surface area contributed by atoms with Gasteiger partial charge in [0.2, 0.25) is 0 Å². The van der Waals surface area contributed by atoms with Crippen molar-refractivity contribution < 1.29 is 19.4 Å². The zero-order chi connectivity index (χ0) is 15.3. The van der Waals surface area contributed by atoms with Crippen molar-refractivity contribution in [2.75, 3.05) is 7.11 Å².